The average Bonchev–Trinajstić information content (AvgIpc) is 3.99. The fourth-order valence-corrected chi connectivity index (χ4v) is 12.8. The van der Waals surface area contributed by atoms with Gasteiger partial charge in [-0.3, -0.25) is 0 Å². The van der Waals surface area contributed by atoms with Crippen LogP contribution in [0.4, 0.5) is 17.1 Å². The summed E-state index contributed by atoms with van der Waals surface area (Å²) in [5.41, 5.74) is 15.5. The molecule has 0 amide bonds. The van der Waals surface area contributed by atoms with Gasteiger partial charge >= 0.3 is 0 Å². The van der Waals surface area contributed by atoms with Crippen molar-refractivity contribution >= 4 is 90.9 Å². The Kier molecular flexibility index (Phi) is 9.63. The number of anilines is 3. The number of hydrogen-bond donors (Lipinski definition) is 0. The molecule has 2 aromatic heterocycles. The Morgan fingerprint density at radius 3 is 1.15 bits per heavy atom. The minimum Gasteiger partial charge on any atom is -0.308 e. The predicted molar refractivity (Wildman–Crippen MR) is 292 cm³/mol. The molecule has 13 aromatic rings. The van der Waals surface area contributed by atoms with Crippen LogP contribution in [0.1, 0.15) is 0 Å². The van der Waals surface area contributed by atoms with Crippen molar-refractivity contribution < 1.29 is 0 Å². The standard InChI is InChI=1S/C64H41NS2/c1-5-20-43(21-6-1)58-53-33-17-30-48(62(53)61(46-26-11-4-12-27-46)60(45-24-9-3-10-25-45)59(58)44-22-7-2-8-23-44)42-38-40-47(41-39-42)65(54-34-18-31-51-49-28-13-15-36-56(49)66-63(51)54)55-35-19-32-52-50-29-14-16-37-57(50)67-64(52)55/h1-41H. The summed E-state index contributed by atoms with van der Waals surface area (Å²) in [7, 11) is 0. The van der Waals surface area contributed by atoms with E-state index < -0.39 is 0 Å². The topological polar surface area (TPSA) is 3.24 Å². The lowest BCUT2D eigenvalue weighted by molar-refractivity contribution is 1.32. The molecule has 13 rings (SSSR count). The predicted octanol–water partition coefficient (Wildman–Crippen LogP) is 19.4. The molecular weight excluding hydrogens is 847 g/mol. The summed E-state index contributed by atoms with van der Waals surface area (Å²) in [5.74, 6) is 0. The van der Waals surface area contributed by atoms with Gasteiger partial charge in [-0.2, -0.15) is 0 Å². The molecule has 0 spiro atoms. The van der Waals surface area contributed by atoms with Gasteiger partial charge in [-0.25, -0.2) is 0 Å². The van der Waals surface area contributed by atoms with E-state index in [0.717, 1.165) is 11.3 Å². The highest BCUT2D eigenvalue weighted by Crippen LogP contribution is 2.54. The highest BCUT2D eigenvalue weighted by molar-refractivity contribution is 7.27. The highest BCUT2D eigenvalue weighted by Gasteiger charge is 2.27. The SMILES string of the molecule is c1ccc(-c2c(-c3ccccc3)c(-c3ccccc3)c3c(-c4ccc(N(c5cccc6c5sc5ccccc56)c5cccc6c5sc5ccccc56)cc4)cccc3c2-c2ccccc2)cc1. The first-order valence-corrected chi connectivity index (χ1v) is 24.5. The molecule has 0 atom stereocenters. The van der Waals surface area contributed by atoms with E-state index in [0.29, 0.717) is 0 Å². The molecule has 0 aliphatic carbocycles. The van der Waals surface area contributed by atoms with Crippen LogP contribution in [0.5, 0.6) is 0 Å². The molecule has 0 aliphatic heterocycles. The van der Waals surface area contributed by atoms with E-state index in [1.54, 1.807) is 0 Å². The molecule has 3 heteroatoms. The van der Waals surface area contributed by atoms with E-state index in [1.807, 2.05) is 22.7 Å². The van der Waals surface area contributed by atoms with Crippen molar-refractivity contribution in [2.24, 2.45) is 0 Å². The summed E-state index contributed by atoms with van der Waals surface area (Å²) >= 11 is 3.75. The Morgan fingerprint density at radius 2 is 0.642 bits per heavy atom. The smallest absolute Gasteiger partial charge is 0.0640 e. The zero-order valence-corrected chi connectivity index (χ0v) is 38.1. The van der Waals surface area contributed by atoms with Crippen molar-refractivity contribution in [2.45, 2.75) is 0 Å². The molecule has 0 unspecified atom stereocenters. The maximum atomic E-state index is 2.50. The number of fused-ring (bicyclic) bond motifs is 7. The summed E-state index contributed by atoms with van der Waals surface area (Å²) in [4.78, 5) is 2.50. The number of benzene rings is 11. The molecule has 2 heterocycles. The third-order valence-corrected chi connectivity index (χ3v) is 15.7. The second kappa shape index (κ2) is 16.4. The van der Waals surface area contributed by atoms with E-state index in [1.165, 1.54) is 113 Å². The van der Waals surface area contributed by atoms with E-state index in [2.05, 4.69) is 254 Å². The van der Waals surface area contributed by atoms with E-state index in [9.17, 15) is 0 Å². The molecular formula is C64H41NS2. The Morgan fingerprint density at radius 1 is 0.254 bits per heavy atom. The Hall–Kier alpha value is -8.08. The van der Waals surface area contributed by atoms with Gasteiger partial charge in [-0.15, -0.1) is 22.7 Å². The van der Waals surface area contributed by atoms with Crippen LogP contribution in [0.2, 0.25) is 0 Å². The van der Waals surface area contributed by atoms with Crippen molar-refractivity contribution in [1.29, 1.82) is 0 Å². The van der Waals surface area contributed by atoms with Gasteiger partial charge in [-0.1, -0.05) is 212 Å². The molecule has 0 radical (unpaired) electrons. The Bertz CT molecular complexity index is 3830. The molecule has 0 aliphatic rings. The number of hydrogen-bond acceptors (Lipinski definition) is 3. The van der Waals surface area contributed by atoms with Crippen molar-refractivity contribution in [1.82, 2.24) is 0 Å². The fourth-order valence-electron chi connectivity index (χ4n) is 10.4. The Labute approximate surface area is 397 Å². The molecule has 11 aromatic carbocycles. The van der Waals surface area contributed by atoms with E-state index in [4.69, 9.17) is 0 Å². The molecule has 1 nitrogen and oxygen atoms in total. The van der Waals surface area contributed by atoms with Gasteiger partial charge in [0.1, 0.15) is 0 Å². The van der Waals surface area contributed by atoms with Crippen LogP contribution in [0, 0.1) is 0 Å². The van der Waals surface area contributed by atoms with Crippen molar-refractivity contribution in [3.8, 4) is 55.6 Å². The summed E-state index contributed by atoms with van der Waals surface area (Å²) in [6.07, 6.45) is 0. The van der Waals surface area contributed by atoms with Crippen LogP contribution in [0.15, 0.2) is 249 Å². The van der Waals surface area contributed by atoms with Gasteiger partial charge in [0.2, 0.25) is 0 Å². The zero-order valence-electron chi connectivity index (χ0n) is 36.4. The molecule has 0 N–H and O–H groups in total. The van der Waals surface area contributed by atoms with Crippen LogP contribution >= 0.6 is 22.7 Å². The third kappa shape index (κ3) is 6.58. The fraction of sp³-hybridized carbons (Fsp3) is 0. The number of rotatable bonds is 8. The molecule has 0 saturated carbocycles. The summed E-state index contributed by atoms with van der Waals surface area (Å²) in [5, 5.41) is 7.62. The van der Waals surface area contributed by atoms with Gasteiger partial charge in [0.15, 0.2) is 0 Å². The van der Waals surface area contributed by atoms with Gasteiger partial charge in [0.05, 0.1) is 20.8 Å². The second-order valence-electron chi connectivity index (χ2n) is 17.1. The minimum absolute atomic E-state index is 1.11. The van der Waals surface area contributed by atoms with E-state index in [-0.39, 0.29) is 0 Å². The summed E-state index contributed by atoms with van der Waals surface area (Å²) in [6.45, 7) is 0. The van der Waals surface area contributed by atoms with Crippen molar-refractivity contribution in [2.75, 3.05) is 4.90 Å². The van der Waals surface area contributed by atoms with Crippen LogP contribution in [-0.2, 0) is 0 Å². The normalized spacial score (nSPS) is 11.6. The largest absolute Gasteiger partial charge is 0.308 e. The lowest BCUT2D eigenvalue weighted by atomic mass is 9.77. The van der Waals surface area contributed by atoms with Crippen LogP contribution in [0.25, 0.3) is 107 Å². The second-order valence-corrected chi connectivity index (χ2v) is 19.2. The summed E-state index contributed by atoms with van der Waals surface area (Å²) < 4.78 is 5.16. The monoisotopic (exact) mass is 887 g/mol. The maximum absolute atomic E-state index is 2.50. The maximum Gasteiger partial charge on any atom is 0.0640 e. The minimum atomic E-state index is 1.11. The summed E-state index contributed by atoms with van der Waals surface area (Å²) in [6, 6.07) is 91.4. The molecule has 0 bridgehead atoms. The third-order valence-electron chi connectivity index (χ3n) is 13.3. The van der Waals surface area contributed by atoms with Crippen molar-refractivity contribution in [3.63, 3.8) is 0 Å². The molecule has 67 heavy (non-hydrogen) atoms. The lowest BCUT2D eigenvalue weighted by Crippen LogP contribution is -2.10. The average molecular weight is 888 g/mol. The van der Waals surface area contributed by atoms with Gasteiger partial charge < -0.3 is 4.90 Å². The van der Waals surface area contributed by atoms with Crippen LogP contribution in [-0.4, -0.2) is 0 Å². The first-order chi connectivity index (χ1) is 33.3. The van der Waals surface area contributed by atoms with Gasteiger partial charge in [-0.05, 0) is 103 Å². The Balaban J connectivity index is 1.09. The van der Waals surface area contributed by atoms with E-state index >= 15 is 0 Å². The quantitative estimate of drug-likeness (QED) is 0.147. The highest BCUT2D eigenvalue weighted by atomic mass is 32.1. The molecule has 0 fully saturated rings. The first-order valence-electron chi connectivity index (χ1n) is 22.8. The molecule has 314 valence electrons. The van der Waals surface area contributed by atoms with Gasteiger partial charge in [0.25, 0.3) is 0 Å². The lowest BCUT2D eigenvalue weighted by Gasteiger charge is -2.27. The van der Waals surface area contributed by atoms with Crippen LogP contribution in [0.3, 0.4) is 0 Å². The van der Waals surface area contributed by atoms with Crippen LogP contribution < -0.4 is 4.90 Å². The molecule has 0 saturated heterocycles. The van der Waals surface area contributed by atoms with Gasteiger partial charge in [0, 0.05) is 36.6 Å². The zero-order chi connectivity index (χ0) is 44.3. The number of nitrogens with zero attached hydrogens (tertiary/aromatic N) is 1. The first kappa shape index (κ1) is 39.3. The number of thiophene rings is 2. The van der Waals surface area contributed by atoms with Crippen molar-refractivity contribution in [3.05, 3.63) is 249 Å².